The molecule has 0 fully saturated rings. The molecule has 0 bridgehead atoms. The molecule has 0 atom stereocenters. The van der Waals surface area contributed by atoms with Gasteiger partial charge in [-0.2, -0.15) is 5.10 Å². The quantitative estimate of drug-likeness (QED) is 0.444. The minimum atomic E-state index is -3.94. The van der Waals surface area contributed by atoms with Crippen molar-refractivity contribution in [2.75, 3.05) is 10.8 Å². The highest BCUT2D eigenvalue weighted by Gasteiger charge is 2.28. The number of carbonyl (C=O) groups is 1. The standard InChI is InChI=1S/C22H23N3O3S2/c1-16-9-10-20(18(3)13-16)25(30(27,28)19-7-5-4-6-8-19)15-22(26)24-23-14-21-17(2)11-12-29-21/h4-14H,15H2,1-3H3,(H,24,26)/b23-14-. The van der Waals surface area contributed by atoms with E-state index >= 15 is 0 Å². The average Bonchev–Trinajstić information content (AvgIpc) is 3.12. The molecule has 156 valence electrons. The lowest BCUT2D eigenvalue weighted by Crippen LogP contribution is -2.40. The van der Waals surface area contributed by atoms with Crippen molar-refractivity contribution < 1.29 is 13.2 Å². The number of aryl methyl sites for hydroxylation is 3. The number of rotatable bonds is 7. The largest absolute Gasteiger partial charge is 0.271 e. The summed E-state index contributed by atoms with van der Waals surface area (Å²) in [5, 5.41) is 5.91. The summed E-state index contributed by atoms with van der Waals surface area (Å²) in [4.78, 5) is 13.6. The van der Waals surface area contributed by atoms with Crippen LogP contribution in [0.3, 0.4) is 0 Å². The summed E-state index contributed by atoms with van der Waals surface area (Å²) in [7, 11) is -3.94. The van der Waals surface area contributed by atoms with Crippen molar-refractivity contribution in [2.24, 2.45) is 5.10 Å². The second-order valence-electron chi connectivity index (χ2n) is 6.88. The maximum atomic E-state index is 13.3. The van der Waals surface area contributed by atoms with Gasteiger partial charge in [-0.3, -0.25) is 9.10 Å². The molecule has 6 nitrogen and oxygen atoms in total. The SMILES string of the molecule is Cc1ccc(N(CC(=O)N/N=C\c2sccc2C)S(=O)(=O)c2ccccc2)c(C)c1. The van der Waals surface area contributed by atoms with Gasteiger partial charge in [0.25, 0.3) is 15.9 Å². The normalized spacial score (nSPS) is 11.6. The van der Waals surface area contributed by atoms with E-state index in [1.165, 1.54) is 23.5 Å². The van der Waals surface area contributed by atoms with Crippen molar-refractivity contribution >= 4 is 39.2 Å². The number of sulfonamides is 1. The lowest BCUT2D eigenvalue weighted by atomic mass is 10.1. The second-order valence-corrected chi connectivity index (χ2v) is 9.69. The highest BCUT2D eigenvalue weighted by atomic mass is 32.2. The van der Waals surface area contributed by atoms with Crippen LogP contribution >= 0.6 is 11.3 Å². The molecule has 0 saturated carbocycles. The number of hydrogen-bond donors (Lipinski definition) is 1. The summed E-state index contributed by atoms with van der Waals surface area (Å²) in [6.45, 7) is 5.32. The first kappa shape index (κ1) is 21.7. The van der Waals surface area contributed by atoms with Gasteiger partial charge in [-0.05, 0) is 61.5 Å². The van der Waals surface area contributed by atoms with E-state index in [-0.39, 0.29) is 11.4 Å². The van der Waals surface area contributed by atoms with Crippen molar-refractivity contribution in [3.8, 4) is 0 Å². The lowest BCUT2D eigenvalue weighted by molar-refractivity contribution is -0.119. The Labute approximate surface area is 180 Å². The van der Waals surface area contributed by atoms with Gasteiger partial charge in [0.2, 0.25) is 0 Å². The summed E-state index contributed by atoms with van der Waals surface area (Å²) >= 11 is 1.51. The summed E-state index contributed by atoms with van der Waals surface area (Å²) in [5.74, 6) is -0.528. The van der Waals surface area contributed by atoms with Crippen molar-refractivity contribution in [2.45, 2.75) is 25.7 Å². The number of carbonyl (C=O) groups excluding carboxylic acids is 1. The maximum Gasteiger partial charge on any atom is 0.264 e. The first-order valence-electron chi connectivity index (χ1n) is 9.30. The van der Waals surface area contributed by atoms with Crippen molar-refractivity contribution in [3.63, 3.8) is 0 Å². The van der Waals surface area contributed by atoms with Gasteiger partial charge in [-0.25, -0.2) is 13.8 Å². The molecule has 0 aliphatic heterocycles. The Morgan fingerprint density at radius 3 is 2.43 bits per heavy atom. The van der Waals surface area contributed by atoms with E-state index < -0.39 is 15.9 Å². The molecule has 2 aromatic carbocycles. The van der Waals surface area contributed by atoms with Crippen LogP contribution in [0.4, 0.5) is 5.69 Å². The van der Waals surface area contributed by atoms with Gasteiger partial charge in [-0.1, -0.05) is 35.9 Å². The van der Waals surface area contributed by atoms with Crippen LogP contribution in [0.25, 0.3) is 0 Å². The lowest BCUT2D eigenvalue weighted by Gasteiger charge is -2.25. The van der Waals surface area contributed by atoms with Crippen molar-refractivity contribution in [1.29, 1.82) is 0 Å². The molecule has 1 heterocycles. The van der Waals surface area contributed by atoms with Gasteiger partial charge < -0.3 is 0 Å². The summed E-state index contributed by atoms with van der Waals surface area (Å²) in [5.41, 5.74) is 5.72. The zero-order chi connectivity index (χ0) is 21.7. The molecule has 0 radical (unpaired) electrons. The Hall–Kier alpha value is -2.97. The molecule has 1 amide bonds. The van der Waals surface area contributed by atoms with E-state index in [4.69, 9.17) is 0 Å². The molecule has 3 rings (SSSR count). The first-order chi connectivity index (χ1) is 14.3. The predicted molar refractivity (Wildman–Crippen MR) is 122 cm³/mol. The van der Waals surface area contributed by atoms with Gasteiger partial charge >= 0.3 is 0 Å². The Morgan fingerprint density at radius 1 is 1.07 bits per heavy atom. The van der Waals surface area contributed by atoms with Crippen LogP contribution in [0.1, 0.15) is 21.6 Å². The molecule has 3 aromatic rings. The number of hydrogen-bond acceptors (Lipinski definition) is 5. The van der Waals surface area contributed by atoms with E-state index in [0.29, 0.717) is 5.69 Å². The van der Waals surface area contributed by atoms with E-state index in [2.05, 4.69) is 10.5 Å². The van der Waals surface area contributed by atoms with Crippen LogP contribution in [-0.4, -0.2) is 27.1 Å². The second kappa shape index (κ2) is 9.23. The number of hydrazone groups is 1. The smallest absolute Gasteiger partial charge is 0.264 e. The van der Waals surface area contributed by atoms with E-state index in [0.717, 1.165) is 25.9 Å². The van der Waals surface area contributed by atoms with Gasteiger partial charge in [0.1, 0.15) is 6.54 Å². The highest BCUT2D eigenvalue weighted by molar-refractivity contribution is 7.92. The predicted octanol–water partition coefficient (Wildman–Crippen LogP) is 4.02. The van der Waals surface area contributed by atoms with Gasteiger partial charge in [0.05, 0.1) is 16.8 Å². The van der Waals surface area contributed by atoms with Gasteiger partial charge in [0.15, 0.2) is 0 Å². The molecule has 30 heavy (non-hydrogen) atoms. The van der Waals surface area contributed by atoms with Crippen LogP contribution in [0.2, 0.25) is 0 Å². The zero-order valence-electron chi connectivity index (χ0n) is 17.0. The number of anilines is 1. The zero-order valence-corrected chi connectivity index (χ0v) is 18.6. The van der Waals surface area contributed by atoms with Crippen LogP contribution < -0.4 is 9.73 Å². The van der Waals surface area contributed by atoms with Crippen molar-refractivity contribution in [3.05, 3.63) is 81.5 Å². The Morgan fingerprint density at radius 2 is 1.80 bits per heavy atom. The minimum Gasteiger partial charge on any atom is -0.271 e. The van der Waals surface area contributed by atoms with Crippen LogP contribution in [0.15, 0.2) is 70.0 Å². The van der Waals surface area contributed by atoms with E-state index in [1.807, 2.05) is 44.4 Å². The fourth-order valence-corrected chi connectivity index (χ4v) is 5.24. The third kappa shape index (κ3) is 4.95. The third-order valence-electron chi connectivity index (χ3n) is 4.51. The van der Waals surface area contributed by atoms with Crippen LogP contribution in [0.5, 0.6) is 0 Å². The first-order valence-corrected chi connectivity index (χ1v) is 11.6. The van der Waals surface area contributed by atoms with Gasteiger partial charge in [-0.15, -0.1) is 11.3 Å². The Bertz CT molecular complexity index is 1170. The third-order valence-corrected chi connectivity index (χ3v) is 7.24. The molecular weight excluding hydrogens is 418 g/mol. The Kier molecular flexibility index (Phi) is 6.69. The van der Waals surface area contributed by atoms with Crippen molar-refractivity contribution in [1.82, 2.24) is 5.43 Å². The number of nitrogens with one attached hydrogen (secondary N) is 1. The summed E-state index contributed by atoms with van der Waals surface area (Å²) in [6, 6.07) is 15.5. The number of amides is 1. The molecule has 0 unspecified atom stereocenters. The molecule has 1 aromatic heterocycles. The summed E-state index contributed by atoms with van der Waals surface area (Å²) in [6.07, 6.45) is 1.56. The van der Waals surface area contributed by atoms with E-state index in [1.54, 1.807) is 30.5 Å². The maximum absolute atomic E-state index is 13.3. The summed E-state index contributed by atoms with van der Waals surface area (Å²) < 4.78 is 27.8. The van der Waals surface area contributed by atoms with Crippen LogP contribution in [0, 0.1) is 20.8 Å². The fraction of sp³-hybridized carbons (Fsp3) is 0.182. The van der Waals surface area contributed by atoms with Crippen LogP contribution in [-0.2, 0) is 14.8 Å². The Balaban J connectivity index is 1.89. The van der Waals surface area contributed by atoms with E-state index in [9.17, 15) is 13.2 Å². The molecule has 0 spiro atoms. The molecule has 0 aliphatic carbocycles. The number of nitrogens with zero attached hydrogens (tertiary/aromatic N) is 2. The highest BCUT2D eigenvalue weighted by Crippen LogP contribution is 2.27. The number of thiophene rings is 1. The molecule has 1 N–H and O–H groups in total. The molecule has 0 aliphatic rings. The topological polar surface area (TPSA) is 78.8 Å². The monoisotopic (exact) mass is 441 g/mol. The average molecular weight is 442 g/mol. The fourth-order valence-electron chi connectivity index (χ4n) is 2.95. The molecule has 8 heteroatoms. The number of benzene rings is 2. The molecular formula is C22H23N3O3S2. The minimum absolute atomic E-state index is 0.121. The van der Waals surface area contributed by atoms with Gasteiger partial charge in [0, 0.05) is 4.88 Å². The molecule has 0 saturated heterocycles.